The summed E-state index contributed by atoms with van der Waals surface area (Å²) in [6.45, 7) is 2.23. The Morgan fingerprint density at radius 3 is 1.81 bits per heavy atom. The van der Waals surface area contributed by atoms with Gasteiger partial charge in [-0.2, -0.15) is 8.42 Å². The molecule has 0 aliphatic rings. The Hall–Kier alpha value is -0.414. The van der Waals surface area contributed by atoms with E-state index >= 15 is 0 Å². The van der Waals surface area contributed by atoms with Gasteiger partial charge in [-0.25, -0.2) is 0 Å². The van der Waals surface area contributed by atoms with Crippen molar-refractivity contribution in [3.63, 3.8) is 0 Å². The van der Waals surface area contributed by atoms with Crippen molar-refractivity contribution in [2.24, 2.45) is 0 Å². The predicted molar refractivity (Wildman–Crippen MR) is 122 cm³/mol. The molecule has 0 fully saturated rings. The van der Waals surface area contributed by atoms with E-state index in [0.29, 0.717) is 23.5 Å². The Kier molecular flexibility index (Phi) is 15.0. The van der Waals surface area contributed by atoms with Gasteiger partial charge in [0.05, 0.1) is 4.90 Å². The van der Waals surface area contributed by atoms with E-state index in [-0.39, 0.29) is 62.0 Å². The third-order valence-corrected chi connectivity index (χ3v) is 6.37. The third-order valence-electron chi connectivity index (χ3n) is 5.42. The SMILES string of the molecule is CCCCCCCCCCCCCc1cc(Oc2ccc([O-])cc2)ccc1S(=O)(=O)O.[K+]. The first-order valence-electron chi connectivity index (χ1n) is 11.5. The fourth-order valence-corrected chi connectivity index (χ4v) is 4.42. The second-order valence-corrected chi connectivity index (χ2v) is 9.49. The van der Waals surface area contributed by atoms with Crippen molar-refractivity contribution >= 4 is 10.1 Å². The largest absolute Gasteiger partial charge is 1.00 e. The minimum absolute atomic E-state index is 0. The fourth-order valence-electron chi connectivity index (χ4n) is 3.69. The Morgan fingerprint density at radius 2 is 1.28 bits per heavy atom. The van der Waals surface area contributed by atoms with Crippen LogP contribution < -0.4 is 61.2 Å². The first kappa shape index (κ1) is 29.6. The van der Waals surface area contributed by atoms with Gasteiger partial charge >= 0.3 is 51.4 Å². The molecule has 0 heterocycles. The molecule has 1 N–H and O–H groups in total. The van der Waals surface area contributed by atoms with E-state index in [1.54, 1.807) is 18.2 Å². The average Bonchev–Trinajstić information content (AvgIpc) is 2.73. The van der Waals surface area contributed by atoms with E-state index in [4.69, 9.17) is 4.74 Å². The first-order valence-corrected chi connectivity index (χ1v) is 12.9. The second-order valence-electron chi connectivity index (χ2n) is 8.10. The van der Waals surface area contributed by atoms with Crippen molar-refractivity contribution in [1.29, 1.82) is 0 Å². The molecular weight excluding hydrogens is 451 g/mol. The number of hydrogen-bond acceptors (Lipinski definition) is 4. The van der Waals surface area contributed by atoms with E-state index in [1.165, 1.54) is 75.6 Å². The van der Waals surface area contributed by atoms with Gasteiger partial charge in [-0.3, -0.25) is 4.55 Å². The molecular formula is C25H35KO5S. The molecule has 0 aromatic heterocycles. The molecule has 0 radical (unpaired) electrons. The normalized spacial score (nSPS) is 11.2. The van der Waals surface area contributed by atoms with Crippen molar-refractivity contribution in [3.8, 4) is 17.2 Å². The molecule has 0 aliphatic carbocycles. The first-order chi connectivity index (χ1) is 14.9. The minimum atomic E-state index is -4.29. The molecule has 0 amide bonds. The summed E-state index contributed by atoms with van der Waals surface area (Å²) in [5.74, 6) is 0.871. The van der Waals surface area contributed by atoms with Crippen LogP contribution >= 0.6 is 0 Å². The monoisotopic (exact) mass is 486 g/mol. The molecule has 2 rings (SSSR count). The number of aryl methyl sites for hydroxylation is 1. The van der Waals surface area contributed by atoms with Crippen molar-refractivity contribution in [1.82, 2.24) is 0 Å². The number of ether oxygens (including phenoxy) is 1. The molecule has 172 valence electrons. The zero-order valence-electron chi connectivity index (χ0n) is 19.5. The molecule has 0 saturated carbocycles. The molecule has 2 aromatic rings. The van der Waals surface area contributed by atoms with Crippen molar-refractivity contribution in [2.45, 2.75) is 88.9 Å². The smallest absolute Gasteiger partial charge is 0.872 e. The molecule has 0 bridgehead atoms. The Balaban J connectivity index is 0.00000512. The summed E-state index contributed by atoms with van der Waals surface area (Å²) in [7, 11) is -4.29. The molecule has 0 aliphatic heterocycles. The number of hydrogen-bond donors (Lipinski definition) is 1. The zero-order valence-corrected chi connectivity index (χ0v) is 23.5. The molecule has 0 unspecified atom stereocenters. The molecule has 7 heteroatoms. The van der Waals surface area contributed by atoms with Gasteiger partial charge in [0.25, 0.3) is 10.1 Å². The van der Waals surface area contributed by atoms with Gasteiger partial charge in [-0.05, 0) is 48.7 Å². The quantitative estimate of drug-likeness (QED) is 0.236. The van der Waals surface area contributed by atoms with Gasteiger partial charge in [0, 0.05) is 0 Å². The zero-order chi connectivity index (χ0) is 22.5. The predicted octanol–water partition coefficient (Wildman–Crippen LogP) is 3.66. The number of rotatable bonds is 15. The molecule has 32 heavy (non-hydrogen) atoms. The molecule has 0 saturated heterocycles. The summed E-state index contributed by atoms with van der Waals surface area (Å²) in [4.78, 5) is -0.0677. The van der Waals surface area contributed by atoms with Crippen LogP contribution in [0.2, 0.25) is 0 Å². The van der Waals surface area contributed by atoms with E-state index in [2.05, 4.69) is 6.92 Å². The van der Waals surface area contributed by atoms with Crippen LogP contribution in [0.1, 0.15) is 83.1 Å². The summed E-state index contributed by atoms with van der Waals surface area (Å²) >= 11 is 0. The van der Waals surface area contributed by atoms with Crippen LogP contribution in [-0.4, -0.2) is 13.0 Å². The van der Waals surface area contributed by atoms with Crippen molar-refractivity contribution < 1.29 is 74.2 Å². The second kappa shape index (κ2) is 16.3. The van der Waals surface area contributed by atoms with Crippen LogP contribution in [0, 0.1) is 0 Å². The summed E-state index contributed by atoms with van der Waals surface area (Å²) < 4.78 is 38.8. The van der Waals surface area contributed by atoms with Crippen LogP contribution in [0.15, 0.2) is 47.4 Å². The molecule has 5 nitrogen and oxygen atoms in total. The van der Waals surface area contributed by atoms with E-state index in [9.17, 15) is 18.1 Å². The summed E-state index contributed by atoms with van der Waals surface area (Å²) in [5.41, 5.74) is 0.552. The maximum atomic E-state index is 11.7. The molecule has 2 aromatic carbocycles. The maximum Gasteiger partial charge on any atom is 1.00 e. The number of unbranched alkanes of at least 4 members (excludes halogenated alkanes) is 10. The Labute approximate surface area is 236 Å². The van der Waals surface area contributed by atoms with Gasteiger partial charge in [0.2, 0.25) is 0 Å². The topological polar surface area (TPSA) is 86.7 Å². The van der Waals surface area contributed by atoms with Crippen LogP contribution in [0.25, 0.3) is 0 Å². The van der Waals surface area contributed by atoms with Gasteiger partial charge in [-0.15, -0.1) is 5.75 Å². The van der Waals surface area contributed by atoms with E-state index in [0.717, 1.165) is 19.3 Å². The van der Waals surface area contributed by atoms with Gasteiger partial charge in [0.1, 0.15) is 11.5 Å². The number of benzene rings is 2. The van der Waals surface area contributed by atoms with Crippen LogP contribution in [0.5, 0.6) is 17.2 Å². The van der Waals surface area contributed by atoms with E-state index in [1.807, 2.05) is 0 Å². The fraction of sp³-hybridized carbons (Fsp3) is 0.520. The van der Waals surface area contributed by atoms with Crippen LogP contribution in [0.4, 0.5) is 0 Å². The average molecular weight is 487 g/mol. The third kappa shape index (κ3) is 11.6. The summed E-state index contributed by atoms with van der Waals surface area (Å²) in [6, 6.07) is 10.5. The Bertz CT molecular complexity index is 882. The summed E-state index contributed by atoms with van der Waals surface area (Å²) in [6.07, 6.45) is 14.0. The van der Waals surface area contributed by atoms with Crippen LogP contribution in [-0.2, 0) is 16.5 Å². The van der Waals surface area contributed by atoms with Crippen molar-refractivity contribution in [2.75, 3.05) is 0 Å². The van der Waals surface area contributed by atoms with Crippen molar-refractivity contribution in [3.05, 3.63) is 48.0 Å². The standard InChI is InChI=1S/C25H36O5S.K/c1-2-3-4-5-6-7-8-9-10-11-12-13-21-20-24(18-19-25(21)31(27,28)29)30-23-16-14-22(26)15-17-23;/h14-20,26H,2-13H2,1H3,(H,27,28,29);/q;+1/p-1. The van der Waals surface area contributed by atoms with E-state index < -0.39 is 10.1 Å². The maximum absolute atomic E-state index is 11.7. The molecule has 0 spiro atoms. The minimum Gasteiger partial charge on any atom is -0.872 e. The van der Waals surface area contributed by atoms with Gasteiger partial charge in [0.15, 0.2) is 0 Å². The Morgan fingerprint density at radius 1 is 0.781 bits per heavy atom. The summed E-state index contributed by atoms with van der Waals surface area (Å²) in [5, 5.41) is 11.2. The van der Waals surface area contributed by atoms with Gasteiger partial charge in [-0.1, -0.05) is 83.3 Å². The van der Waals surface area contributed by atoms with Gasteiger partial charge < -0.3 is 9.84 Å². The molecule has 0 atom stereocenters. The van der Waals surface area contributed by atoms with Crippen LogP contribution in [0.3, 0.4) is 0 Å².